The number of carbonyl (C=O) groups excluding carboxylic acids is 2. The van der Waals surface area contributed by atoms with E-state index >= 15 is 0 Å². The van der Waals surface area contributed by atoms with Gasteiger partial charge in [-0.05, 0) is 42.7 Å². The highest BCUT2D eigenvalue weighted by atomic mass is 16.5. The van der Waals surface area contributed by atoms with E-state index < -0.39 is 0 Å². The first-order chi connectivity index (χ1) is 14.9. The molecule has 0 aliphatic carbocycles. The third-order valence-corrected chi connectivity index (χ3v) is 5.43. The van der Waals surface area contributed by atoms with E-state index in [0.29, 0.717) is 41.5 Å². The van der Waals surface area contributed by atoms with Crippen molar-refractivity contribution >= 4 is 17.5 Å². The smallest absolute Gasteiger partial charge is 0.260 e. The van der Waals surface area contributed by atoms with Gasteiger partial charge in [-0.1, -0.05) is 43.3 Å². The first-order valence-corrected chi connectivity index (χ1v) is 10.5. The maximum atomic E-state index is 13.1. The van der Waals surface area contributed by atoms with Crippen LogP contribution in [0.25, 0.3) is 11.5 Å². The summed E-state index contributed by atoms with van der Waals surface area (Å²) in [5.41, 5.74) is 3.70. The van der Waals surface area contributed by atoms with Crippen LogP contribution in [-0.4, -0.2) is 33.4 Å². The number of aromatic nitrogens is 2. The van der Waals surface area contributed by atoms with Crippen molar-refractivity contribution in [3.8, 4) is 11.5 Å². The normalized spacial score (nSPS) is 13.8. The number of amides is 2. The SMILES string of the molecule is Cc1cccc(-c2nc(C(C)C)no2)c1NC(=O)c1cccc(CN2CCCC2=O)c1. The van der Waals surface area contributed by atoms with E-state index in [9.17, 15) is 9.59 Å². The predicted octanol–water partition coefficient (Wildman–Crippen LogP) is 4.54. The fourth-order valence-electron chi connectivity index (χ4n) is 3.68. The second-order valence-electron chi connectivity index (χ2n) is 8.18. The Morgan fingerprint density at radius 3 is 2.74 bits per heavy atom. The van der Waals surface area contributed by atoms with Crippen molar-refractivity contribution in [3.05, 3.63) is 65.0 Å². The molecule has 1 N–H and O–H groups in total. The van der Waals surface area contributed by atoms with Crippen LogP contribution in [0.2, 0.25) is 0 Å². The van der Waals surface area contributed by atoms with Crippen LogP contribution in [0.1, 0.15) is 59.9 Å². The van der Waals surface area contributed by atoms with Gasteiger partial charge < -0.3 is 14.7 Å². The number of hydrogen-bond acceptors (Lipinski definition) is 5. The molecule has 0 atom stereocenters. The molecule has 3 aromatic rings. The standard InChI is InChI=1S/C24H26N4O3/c1-15(2)22-26-24(31-27-22)19-10-4-7-16(3)21(19)25-23(30)18-9-5-8-17(13-18)14-28-12-6-11-20(28)29/h4-5,7-10,13,15H,6,11-12,14H2,1-3H3,(H,25,30). The first-order valence-electron chi connectivity index (χ1n) is 10.5. The molecular formula is C24H26N4O3. The molecule has 1 aliphatic rings. The minimum absolute atomic E-state index is 0.144. The Morgan fingerprint density at radius 2 is 2.03 bits per heavy atom. The van der Waals surface area contributed by atoms with Gasteiger partial charge in [-0.15, -0.1) is 0 Å². The zero-order valence-corrected chi connectivity index (χ0v) is 18.0. The third-order valence-electron chi connectivity index (χ3n) is 5.43. The Morgan fingerprint density at radius 1 is 1.23 bits per heavy atom. The van der Waals surface area contributed by atoms with Crippen LogP contribution < -0.4 is 5.32 Å². The lowest BCUT2D eigenvalue weighted by atomic mass is 10.1. The van der Waals surface area contributed by atoms with E-state index in [0.717, 1.165) is 24.1 Å². The summed E-state index contributed by atoms with van der Waals surface area (Å²) in [5, 5.41) is 7.05. The fraction of sp³-hybridized carbons (Fsp3) is 0.333. The topological polar surface area (TPSA) is 88.3 Å². The lowest BCUT2D eigenvalue weighted by molar-refractivity contribution is -0.128. The number of anilines is 1. The van der Waals surface area contributed by atoms with Crippen LogP contribution in [0.15, 0.2) is 47.0 Å². The van der Waals surface area contributed by atoms with Crippen molar-refractivity contribution in [2.75, 3.05) is 11.9 Å². The number of carbonyl (C=O) groups is 2. The third kappa shape index (κ3) is 4.50. The van der Waals surface area contributed by atoms with Crippen LogP contribution in [0.4, 0.5) is 5.69 Å². The van der Waals surface area contributed by atoms with E-state index in [1.54, 1.807) is 6.07 Å². The average Bonchev–Trinajstić information content (AvgIpc) is 3.39. The summed E-state index contributed by atoms with van der Waals surface area (Å²) >= 11 is 0. The summed E-state index contributed by atoms with van der Waals surface area (Å²) in [6, 6.07) is 13.1. The van der Waals surface area contributed by atoms with Gasteiger partial charge in [0, 0.05) is 31.0 Å². The molecule has 1 aromatic heterocycles. The number of nitrogens with zero attached hydrogens (tertiary/aromatic N) is 3. The van der Waals surface area contributed by atoms with Crippen molar-refractivity contribution in [2.24, 2.45) is 0 Å². The van der Waals surface area contributed by atoms with E-state index in [2.05, 4.69) is 15.5 Å². The van der Waals surface area contributed by atoms with E-state index in [1.165, 1.54) is 0 Å². The molecule has 31 heavy (non-hydrogen) atoms. The molecule has 0 spiro atoms. The van der Waals surface area contributed by atoms with Gasteiger partial charge >= 0.3 is 0 Å². The second-order valence-corrected chi connectivity index (χ2v) is 8.18. The lowest BCUT2D eigenvalue weighted by Gasteiger charge is -2.16. The summed E-state index contributed by atoms with van der Waals surface area (Å²) in [6.45, 7) is 7.21. The van der Waals surface area contributed by atoms with Crippen molar-refractivity contribution in [3.63, 3.8) is 0 Å². The number of hydrogen-bond donors (Lipinski definition) is 1. The largest absolute Gasteiger partial charge is 0.338 e. The lowest BCUT2D eigenvalue weighted by Crippen LogP contribution is -2.24. The number of benzene rings is 2. The number of rotatable bonds is 6. The molecule has 0 saturated carbocycles. The molecule has 4 rings (SSSR count). The van der Waals surface area contributed by atoms with Gasteiger partial charge in [-0.2, -0.15) is 4.98 Å². The van der Waals surface area contributed by atoms with E-state index in [4.69, 9.17) is 4.52 Å². The first kappa shape index (κ1) is 20.8. The van der Waals surface area contributed by atoms with Crippen LogP contribution in [-0.2, 0) is 11.3 Å². The Bertz CT molecular complexity index is 1120. The molecule has 160 valence electrons. The van der Waals surface area contributed by atoms with Crippen LogP contribution in [0.5, 0.6) is 0 Å². The Hall–Kier alpha value is -3.48. The molecule has 0 bridgehead atoms. The average molecular weight is 418 g/mol. The Labute approximate surface area is 181 Å². The van der Waals surface area contributed by atoms with Gasteiger partial charge in [-0.25, -0.2) is 0 Å². The monoisotopic (exact) mass is 418 g/mol. The minimum atomic E-state index is -0.228. The highest BCUT2D eigenvalue weighted by molar-refractivity contribution is 6.06. The number of para-hydroxylation sites is 1. The highest BCUT2D eigenvalue weighted by Gasteiger charge is 2.21. The number of aryl methyl sites for hydroxylation is 1. The predicted molar refractivity (Wildman–Crippen MR) is 118 cm³/mol. The summed E-state index contributed by atoms with van der Waals surface area (Å²) in [4.78, 5) is 31.3. The maximum absolute atomic E-state index is 13.1. The molecule has 0 unspecified atom stereocenters. The van der Waals surface area contributed by atoms with Crippen molar-refractivity contribution in [1.82, 2.24) is 15.0 Å². The zero-order valence-electron chi connectivity index (χ0n) is 18.0. The molecule has 2 heterocycles. The molecule has 1 saturated heterocycles. The van der Waals surface area contributed by atoms with Gasteiger partial charge in [0.05, 0.1) is 11.3 Å². The van der Waals surface area contributed by atoms with Crippen LogP contribution in [0.3, 0.4) is 0 Å². The van der Waals surface area contributed by atoms with Gasteiger partial charge in [0.1, 0.15) is 0 Å². The molecule has 0 radical (unpaired) electrons. The van der Waals surface area contributed by atoms with Gasteiger partial charge in [0.25, 0.3) is 11.8 Å². The molecular weight excluding hydrogens is 392 g/mol. The van der Waals surface area contributed by atoms with Crippen LogP contribution in [0, 0.1) is 6.92 Å². The quantitative estimate of drug-likeness (QED) is 0.635. The molecule has 7 heteroatoms. The number of nitrogens with one attached hydrogen (secondary N) is 1. The van der Waals surface area contributed by atoms with E-state index in [1.807, 2.05) is 62.1 Å². The van der Waals surface area contributed by atoms with Gasteiger partial charge in [-0.3, -0.25) is 9.59 Å². The Balaban J connectivity index is 1.57. The van der Waals surface area contributed by atoms with Crippen molar-refractivity contribution < 1.29 is 14.1 Å². The molecule has 2 aromatic carbocycles. The molecule has 1 aliphatic heterocycles. The molecule has 2 amide bonds. The van der Waals surface area contributed by atoms with Crippen molar-refractivity contribution in [2.45, 2.75) is 46.1 Å². The summed E-state index contributed by atoms with van der Waals surface area (Å²) in [6.07, 6.45) is 1.49. The Kier molecular flexibility index (Phi) is 5.84. The molecule has 7 nitrogen and oxygen atoms in total. The second kappa shape index (κ2) is 8.71. The summed E-state index contributed by atoms with van der Waals surface area (Å²) in [7, 11) is 0. The minimum Gasteiger partial charge on any atom is -0.338 e. The fourth-order valence-corrected chi connectivity index (χ4v) is 3.68. The van der Waals surface area contributed by atoms with E-state index in [-0.39, 0.29) is 17.7 Å². The zero-order chi connectivity index (χ0) is 22.0. The summed E-state index contributed by atoms with van der Waals surface area (Å²) < 4.78 is 5.45. The van der Waals surface area contributed by atoms with Crippen molar-refractivity contribution in [1.29, 1.82) is 0 Å². The molecule has 1 fully saturated rings. The summed E-state index contributed by atoms with van der Waals surface area (Å²) in [5.74, 6) is 1.08. The maximum Gasteiger partial charge on any atom is 0.260 e. The highest BCUT2D eigenvalue weighted by Crippen LogP contribution is 2.31. The van der Waals surface area contributed by atoms with Crippen LogP contribution >= 0.6 is 0 Å². The van der Waals surface area contributed by atoms with Gasteiger partial charge in [0.15, 0.2) is 5.82 Å². The van der Waals surface area contributed by atoms with Gasteiger partial charge in [0.2, 0.25) is 5.91 Å². The number of likely N-dealkylation sites (tertiary alicyclic amines) is 1.